The molecule has 1 amide bonds. The van der Waals surface area contributed by atoms with Crippen LogP contribution in [-0.4, -0.2) is 34.3 Å². The van der Waals surface area contributed by atoms with Gasteiger partial charge in [0.05, 0.1) is 0 Å². The quantitative estimate of drug-likeness (QED) is 0.609. The molecule has 120 valence electrons. The first-order chi connectivity index (χ1) is 10.2. The standard InChI is InChI=1S/C16H19Cl2NO3/c1-11(22-14(21)15(2)10-16(15,17)18)13(20)19(3)9-12-7-5-4-6-8-12/h4-8,11H,9-10H2,1-3H3. The highest BCUT2D eigenvalue weighted by Crippen LogP contribution is 2.64. The van der Waals surface area contributed by atoms with Crippen LogP contribution in [0.15, 0.2) is 30.3 Å². The van der Waals surface area contributed by atoms with Gasteiger partial charge in [-0.05, 0) is 19.4 Å². The topological polar surface area (TPSA) is 46.6 Å². The van der Waals surface area contributed by atoms with Crippen molar-refractivity contribution < 1.29 is 14.3 Å². The van der Waals surface area contributed by atoms with Crippen LogP contribution >= 0.6 is 23.2 Å². The lowest BCUT2D eigenvalue weighted by Crippen LogP contribution is -2.38. The molecule has 6 heteroatoms. The average Bonchev–Trinajstić information content (AvgIpc) is 2.99. The highest BCUT2D eigenvalue weighted by molar-refractivity contribution is 6.53. The van der Waals surface area contributed by atoms with E-state index in [0.717, 1.165) is 5.56 Å². The Morgan fingerprint density at radius 1 is 1.32 bits per heavy atom. The smallest absolute Gasteiger partial charge is 0.315 e. The normalized spacial score (nSPS) is 23.5. The lowest BCUT2D eigenvalue weighted by molar-refractivity contribution is -0.163. The van der Waals surface area contributed by atoms with Crippen molar-refractivity contribution in [2.75, 3.05) is 7.05 Å². The molecule has 0 radical (unpaired) electrons. The van der Waals surface area contributed by atoms with Crippen LogP contribution in [-0.2, 0) is 20.9 Å². The summed E-state index contributed by atoms with van der Waals surface area (Å²) in [5.41, 5.74) is 0.0782. The number of alkyl halides is 2. The minimum Gasteiger partial charge on any atom is -0.452 e. The summed E-state index contributed by atoms with van der Waals surface area (Å²) in [6.07, 6.45) is -0.536. The summed E-state index contributed by atoms with van der Waals surface area (Å²) in [5.74, 6) is -0.803. The minimum atomic E-state index is -1.09. The highest BCUT2D eigenvalue weighted by atomic mass is 35.5. The Bertz CT molecular complexity index is 576. The third kappa shape index (κ3) is 3.39. The SMILES string of the molecule is CC(OC(=O)C1(C)CC1(Cl)Cl)C(=O)N(C)Cc1ccccc1. The van der Waals surface area contributed by atoms with Crippen LogP contribution in [0, 0.1) is 5.41 Å². The molecule has 0 heterocycles. The van der Waals surface area contributed by atoms with Gasteiger partial charge in [0.2, 0.25) is 0 Å². The van der Waals surface area contributed by atoms with E-state index >= 15 is 0 Å². The predicted molar refractivity (Wildman–Crippen MR) is 85.6 cm³/mol. The number of rotatable bonds is 5. The summed E-state index contributed by atoms with van der Waals surface area (Å²) in [6, 6.07) is 9.59. The molecule has 0 aliphatic heterocycles. The van der Waals surface area contributed by atoms with Gasteiger partial charge in [-0.25, -0.2) is 0 Å². The Hall–Kier alpha value is -1.26. The van der Waals surface area contributed by atoms with Gasteiger partial charge < -0.3 is 9.64 Å². The Kier molecular flexibility index (Phi) is 4.73. The lowest BCUT2D eigenvalue weighted by atomic mass is 10.1. The third-order valence-electron chi connectivity index (χ3n) is 3.98. The Balaban J connectivity index is 1.91. The number of hydrogen-bond acceptors (Lipinski definition) is 3. The molecule has 2 rings (SSSR count). The highest BCUT2D eigenvalue weighted by Gasteiger charge is 2.69. The minimum absolute atomic E-state index is 0.267. The maximum Gasteiger partial charge on any atom is 0.315 e. The molecule has 1 aliphatic rings. The number of esters is 1. The molecule has 0 N–H and O–H groups in total. The second kappa shape index (κ2) is 6.09. The van der Waals surface area contributed by atoms with Crippen molar-refractivity contribution in [2.45, 2.75) is 37.3 Å². The fourth-order valence-corrected chi connectivity index (χ4v) is 2.90. The molecule has 1 fully saturated rings. The molecule has 0 aromatic heterocycles. The van der Waals surface area contributed by atoms with Crippen molar-refractivity contribution in [3.05, 3.63) is 35.9 Å². The summed E-state index contributed by atoms with van der Waals surface area (Å²) in [6.45, 7) is 3.64. The monoisotopic (exact) mass is 343 g/mol. The molecule has 0 saturated heterocycles. The molecule has 22 heavy (non-hydrogen) atoms. The number of carbonyl (C=O) groups is 2. The van der Waals surface area contributed by atoms with E-state index < -0.39 is 21.8 Å². The Morgan fingerprint density at radius 2 is 1.86 bits per heavy atom. The van der Waals surface area contributed by atoms with Crippen molar-refractivity contribution in [1.82, 2.24) is 4.90 Å². The first kappa shape index (κ1) is 17.1. The zero-order chi connectivity index (χ0) is 16.5. The number of halogens is 2. The van der Waals surface area contributed by atoms with Gasteiger partial charge in [0, 0.05) is 20.0 Å². The molecule has 1 saturated carbocycles. The molecular formula is C16H19Cl2NO3. The molecule has 4 nitrogen and oxygen atoms in total. The summed E-state index contributed by atoms with van der Waals surface area (Å²) < 4.78 is 4.14. The number of ether oxygens (including phenoxy) is 1. The van der Waals surface area contributed by atoms with Gasteiger partial charge in [-0.2, -0.15) is 0 Å². The van der Waals surface area contributed by atoms with Gasteiger partial charge in [0.15, 0.2) is 6.10 Å². The molecule has 1 aromatic rings. The van der Waals surface area contributed by atoms with Crippen LogP contribution < -0.4 is 0 Å². The van der Waals surface area contributed by atoms with Gasteiger partial charge in [-0.1, -0.05) is 30.3 Å². The Morgan fingerprint density at radius 3 is 2.36 bits per heavy atom. The fourth-order valence-electron chi connectivity index (χ4n) is 2.21. The number of amides is 1. The second-order valence-corrected chi connectivity index (χ2v) is 7.42. The van der Waals surface area contributed by atoms with Gasteiger partial charge in [-0.15, -0.1) is 23.2 Å². The average molecular weight is 344 g/mol. The van der Waals surface area contributed by atoms with Crippen LogP contribution in [0.25, 0.3) is 0 Å². The predicted octanol–water partition coefficient (Wildman–Crippen LogP) is 3.16. The van der Waals surface area contributed by atoms with Gasteiger partial charge in [0.25, 0.3) is 5.91 Å². The maximum absolute atomic E-state index is 12.3. The van der Waals surface area contributed by atoms with Crippen LogP contribution in [0.5, 0.6) is 0 Å². The van der Waals surface area contributed by atoms with Crippen LogP contribution in [0.2, 0.25) is 0 Å². The third-order valence-corrected chi connectivity index (χ3v) is 5.08. The summed E-state index contributed by atoms with van der Waals surface area (Å²) >= 11 is 11.9. The first-order valence-electron chi connectivity index (χ1n) is 7.05. The number of hydrogen-bond donors (Lipinski definition) is 0. The molecule has 0 spiro atoms. The molecular weight excluding hydrogens is 325 g/mol. The zero-order valence-electron chi connectivity index (χ0n) is 12.8. The molecule has 1 aliphatic carbocycles. The van der Waals surface area contributed by atoms with Crippen molar-refractivity contribution in [3.8, 4) is 0 Å². The van der Waals surface area contributed by atoms with E-state index in [9.17, 15) is 9.59 Å². The maximum atomic E-state index is 12.3. The van der Waals surface area contributed by atoms with E-state index in [1.807, 2.05) is 30.3 Å². The summed E-state index contributed by atoms with van der Waals surface area (Å²) in [5, 5.41) is 0. The first-order valence-corrected chi connectivity index (χ1v) is 7.81. The lowest BCUT2D eigenvalue weighted by Gasteiger charge is -2.23. The van der Waals surface area contributed by atoms with E-state index in [-0.39, 0.29) is 5.91 Å². The van der Waals surface area contributed by atoms with E-state index in [2.05, 4.69) is 0 Å². The second-order valence-electron chi connectivity index (χ2n) is 5.94. The van der Waals surface area contributed by atoms with Gasteiger partial charge in [0.1, 0.15) is 9.75 Å². The van der Waals surface area contributed by atoms with Crippen LogP contribution in [0.1, 0.15) is 25.8 Å². The molecule has 2 unspecified atom stereocenters. The van der Waals surface area contributed by atoms with Crippen LogP contribution in [0.3, 0.4) is 0 Å². The fraction of sp³-hybridized carbons (Fsp3) is 0.500. The summed E-state index contributed by atoms with van der Waals surface area (Å²) in [7, 11) is 1.67. The van der Waals surface area contributed by atoms with Crippen molar-refractivity contribution >= 4 is 35.1 Å². The number of benzene rings is 1. The van der Waals surface area contributed by atoms with Crippen molar-refractivity contribution in [1.29, 1.82) is 0 Å². The largest absolute Gasteiger partial charge is 0.452 e. The van der Waals surface area contributed by atoms with Gasteiger partial charge in [-0.3, -0.25) is 9.59 Å². The van der Waals surface area contributed by atoms with E-state index in [4.69, 9.17) is 27.9 Å². The van der Waals surface area contributed by atoms with Crippen molar-refractivity contribution in [3.63, 3.8) is 0 Å². The van der Waals surface area contributed by atoms with Crippen molar-refractivity contribution in [2.24, 2.45) is 5.41 Å². The molecule has 1 aromatic carbocycles. The van der Waals surface area contributed by atoms with E-state index in [1.165, 1.54) is 4.90 Å². The van der Waals surface area contributed by atoms with Gasteiger partial charge >= 0.3 is 5.97 Å². The van der Waals surface area contributed by atoms with E-state index in [0.29, 0.717) is 13.0 Å². The molecule has 2 atom stereocenters. The number of likely N-dealkylation sites (N-methyl/N-ethyl adjacent to an activating group) is 1. The Labute approximate surface area is 140 Å². The van der Waals surface area contributed by atoms with E-state index in [1.54, 1.807) is 20.9 Å². The number of nitrogens with zero attached hydrogens (tertiary/aromatic N) is 1. The zero-order valence-corrected chi connectivity index (χ0v) is 14.3. The molecule has 0 bridgehead atoms. The summed E-state index contributed by atoms with van der Waals surface area (Å²) in [4.78, 5) is 25.9. The number of carbonyl (C=O) groups excluding carboxylic acids is 2. The van der Waals surface area contributed by atoms with Crippen LogP contribution in [0.4, 0.5) is 0 Å².